The molecule has 0 heterocycles. The Labute approximate surface area is 133 Å². The van der Waals surface area contributed by atoms with Crippen molar-refractivity contribution in [1.82, 2.24) is 5.32 Å². The van der Waals surface area contributed by atoms with Gasteiger partial charge < -0.3 is 4.74 Å². The standard InChI is InChI=1S/C16H15Cl2NO2/c1-21-16(20)15(11-5-3-2-4-6-11)19-10-12-7-8-13(17)9-14(12)18/h2-9,15,19H,10H2,1H3. The predicted octanol–water partition coefficient (Wildman–Crippen LogP) is 4.00. The molecule has 5 heteroatoms. The molecule has 2 aromatic rings. The third-order valence-corrected chi connectivity index (χ3v) is 3.67. The number of carbonyl (C=O) groups is 1. The number of hydrogen-bond acceptors (Lipinski definition) is 3. The van der Waals surface area contributed by atoms with Gasteiger partial charge in [0.05, 0.1) is 7.11 Å². The van der Waals surface area contributed by atoms with E-state index in [0.717, 1.165) is 11.1 Å². The Morgan fingerprint density at radius 3 is 2.52 bits per heavy atom. The summed E-state index contributed by atoms with van der Waals surface area (Å²) in [5, 5.41) is 4.30. The van der Waals surface area contributed by atoms with Crippen LogP contribution in [0.4, 0.5) is 0 Å². The van der Waals surface area contributed by atoms with Gasteiger partial charge >= 0.3 is 5.97 Å². The fourth-order valence-electron chi connectivity index (χ4n) is 1.98. The lowest BCUT2D eigenvalue weighted by molar-refractivity contribution is -0.143. The lowest BCUT2D eigenvalue weighted by Gasteiger charge is -2.17. The number of carbonyl (C=O) groups excluding carboxylic acids is 1. The number of halogens is 2. The molecule has 110 valence electrons. The molecule has 0 spiro atoms. The molecule has 1 atom stereocenters. The van der Waals surface area contributed by atoms with Crippen LogP contribution in [-0.2, 0) is 16.1 Å². The molecule has 0 aliphatic heterocycles. The van der Waals surface area contributed by atoms with Gasteiger partial charge in [-0.25, -0.2) is 4.79 Å². The number of ether oxygens (including phenoxy) is 1. The maximum absolute atomic E-state index is 11.9. The maximum Gasteiger partial charge on any atom is 0.327 e. The number of hydrogen-bond donors (Lipinski definition) is 1. The highest BCUT2D eigenvalue weighted by molar-refractivity contribution is 6.35. The Kier molecular flexibility index (Phi) is 5.62. The van der Waals surface area contributed by atoms with Crippen molar-refractivity contribution in [2.24, 2.45) is 0 Å². The van der Waals surface area contributed by atoms with Gasteiger partial charge in [-0.1, -0.05) is 59.6 Å². The van der Waals surface area contributed by atoms with Gasteiger partial charge in [-0.15, -0.1) is 0 Å². The van der Waals surface area contributed by atoms with Crippen molar-refractivity contribution in [3.8, 4) is 0 Å². The summed E-state index contributed by atoms with van der Waals surface area (Å²) < 4.78 is 4.85. The summed E-state index contributed by atoms with van der Waals surface area (Å²) in [4.78, 5) is 11.9. The molecule has 1 unspecified atom stereocenters. The van der Waals surface area contributed by atoms with E-state index in [1.807, 2.05) is 36.4 Å². The van der Waals surface area contributed by atoms with E-state index < -0.39 is 6.04 Å². The first-order valence-electron chi connectivity index (χ1n) is 6.42. The van der Waals surface area contributed by atoms with Gasteiger partial charge in [0.2, 0.25) is 0 Å². The third-order valence-electron chi connectivity index (χ3n) is 3.08. The highest BCUT2D eigenvalue weighted by atomic mass is 35.5. The number of nitrogens with one attached hydrogen (secondary N) is 1. The van der Waals surface area contributed by atoms with E-state index in [9.17, 15) is 4.79 Å². The second-order valence-corrected chi connectivity index (χ2v) is 5.33. The van der Waals surface area contributed by atoms with Gasteiger partial charge in [-0.3, -0.25) is 5.32 Å². The zero-order valence-corrected chi connectivity index (χ0v) is 13.0. The summed E-state index contributed by atoms with van der Waals surface area (Å²) in [6, 6.07) is 14.1. The van der Waals surface area contributed by atoms with Gasteiger partial charge in [0.1, 0.15) is 6.04 Å². The van der Waals surface area contributed by atoms with Gasteiger partial charge in [0.25, 0.3) is 0 Å². The fourth-order valence-corrected chi connectivity index (χ4v) is 2.45. The Balaban J connectivity index is 2.15. The predicted molar refractivity (Wildman–Crippen MR) is 84.5 cm³/mol. The monoisotopic (exact) mass is 323 g/mol. The van der Waals surface area contributed by atoms with Crippen molar-refractivity contribution in [3.05, 3.63) is 69.7 Å². The van der Waals surface area contributed by atoms with E-state index in [-0.39, 0.29) is 5.97 Å². The SMILES string of the molecule is COC(=O)C(NCc1ccc(Cl)cc1Cl)c1ccccc1. The van der Waals surface area contributed by atoms with Crippen LogP contribution in [0.1, 0.15) is 17.2 Å². The fraction of sp³-hybridized carbons (Fsp3) is 0.188. The highest BCUT2D eigenvalue weighted by Gasteiger charge is 2.20. The Morgan fingerprint density at radius 2 is 1.90 bits per heavy atom. The van der Waals surface area contributed by atoms with Crippen LogP contribution in [0.2, 0.25) is 10.0 Å². The first-order chi connectivity index (χ1) is 10.1. The van der Waals surface area contributed by atoms with E-state index in [4.69, 9.17) is 27.9 Å². The highest BCUT2D eigenvalue weighted by Crippen LogP contribution is 2.22. The van der Waals surface area contributed by atoms with Gasteiger partial charge in [-0.2, -0.15) is 0 Å². The number of benzene rings is 2. The molecule has 0 aliphatic carbocycles. The van der Waals surface area contributed by atoms with Crippen LogP contribution in [0, 0.1) is 0 Å². The van der Waals surface area contributed by atoms with Crippen molar-refractivity contribution >= 4 is 29.2 Å². The minimum atomic E-state index is -0.539. The minimum Gasteiger partial charge on any atom is -0.468 e. The Hall–Kier alpha value is -1.55. The van der Waals surface area contributed by atoms with Crippen LogP contribution in [0.3, 0.4) is 0 Å². The molecule has 0 saturated carbocycles. The Bertz CT molecular complexity index is 617. The van der Waals surface area contributed by atoms with Crippen molar-refractivity contribution in [1.29, 1.82) is 0 Å². The van der Waals surface area contributed by atoms with Gasteiger partial charge in [-0.05, 0) is 23.3 Å². The summed E-state index contributed by atoms with van der Waals surface area (Å²) in [5.41, 5.74) is 1.71. The third kappa shape index (κ3) is 4.21. The minimum absolute atomic E-state index is 0.341. The molecule has 0 bridgehead atoms. The average Bonchev–Trinajstić information content (AvgIpc) is 2.50. The van der Waals surface area contributed by atoms with E-state index in [2.05, 4.69) is 5.32 Å². The lowest BCUT2D eigenvalue weighted by Crippen LogP contribution is -2.29. The Morgan fingerprint density at radius 1 is 1.19 bits per heavy atom. The van der Waals surface area contributed by atoms with Crippen LogP contribution in [-0.4, -0.2) is 13.1 Å². The largest absolute Gasteiger partial charge is 0.468 e. The van der Waals surface area contributed by atoms with Crippen LogP contribution in [0.25, 0.3) is 0 Å². The molecule has 0 aromatic heterocycles. The van der Waals surface area contributed by atoms with Crippen molar-refractivity contribution in [2.45, 2.75) is 12.6 Å². The van der Waals surface area contributed by atoms with Crippen LogP contribution < -0.4 is 5.32 Å². The molecule has 0 amide bonds. The van der Waals surface area contributed by atoms with E-state index >= 15 is 0 Å². The molecular weight excluding hydrogens is 309 g/mol. The summed E-state index contributed by atoms with van der Waals surface area (Å²) >= 11 is 12.0. The number of rotatable bonds is 5. The van der Waals surface area contributed by atoms with Gasteiger partial charge in [0.15, 0.2) is 0 Å². The average molecular weight is 324 g/mol. The summed E-state index contributed by atoms with van der Waals surface area (Å²) in [7, 11) is 1.37. The van der Waals surface area contributed by atoms with E-state index in [1.54, 1.807) is 12.1 Å². The first kappa shape index (κ1) is 15.8. The second kappa shape index (κ2) is 7.46. The summed E-state index contributed by atoms with van der Waals surface area (Å²) in [5.74, 6) is -0.341. The molecule has 0 radical (unpaired) electrons. The number of methoxy groups -OCH3 is 1. The topological polar surface area (TPSA) is 38.3 Å². The normalized spacial score (nSPS) is 12.0. The second-order valence-electron chi connectivity index (χ2n) is 4.48. The van der Waals surface area contributed by atoms with Crippen LogP contribution in [0.15, 0.2) is 48.5 Å². The van der Waals surface area contributed by atoms with Crippen LogP contribution >= 0.6 is 23.2 Å². The number of esters is 1. The molecule has 0 fully saturated rings. The molecule has 3 nitrogen and oxygen atoms in total. The zero-order chi connectivity index (χ0) is 15.2. The van der Waals surface area contributed by atoms with Crippen molar-refractivity contribution < 1.29 is 9.53 Å². The smallest absolute Gasteiger partial charge is 0.327 e. The zero-order valence-electron chi connectivity index (χ0n) is 11.5. The quantitative estimate of drug-likeness (QED) is 0.845. The van der Waals surface area contributed by atoms with Crippen molar-refractivity contribution in [3.63, 3.8) is 0 Å². The summed E-state index contributed by atoms with van der Waals surface area (Å²) in [6.45, 7) is 0.435. The first-order valence-corrected chi connectivity index (χ1v) is 7.17. The van der Waals surface area contributed by atoms with Gasteiger partial charge in [0, 0.05) is 16.6 Å². The summed E-state index contributed by atoms with van der Waals surface area (Å²) in [6.07, 6.45) is 0. The van der Waals surface area contributed by atoms with E-state index in [1.165, 1.54) is 7.11 Å². The molecular formula is C16H15Cl2NO2. The maximum atomic E-state index is 11.9. The van der Waals surface area contributed by atoms with Crippen LogP contribution in [0.5, 0.6) is 0 Å². The molecule has 21 heavy (non-hydrogen) atoms. The molecule has 2 aromatic carbocycles. The molecule has 0 aliphatic rings. The molecule has 2 rings (SSSR count). The lowest BCUT2D eigenvalue weighted by atomic mass is 10.1. The van der Waals surface area contributed by atoms with Crippen molar-refractivity contribution in [2.75, 3.05) is 7.11 Å². The molecule has 0 saturated heterocycles. The molecule has 1 N–H and O–H groups in total. The van der Waals surface area contributed by atoms with E-state index in [0.29, 0.717) is 16.6 Å².